The highest BCUT2D eigenvalue weighted by molar-refractivity contribution is 5.79. The lowest BCUT2D eigenvalue weighted by atomic mass is 9.86. The number of carboxylic acid groups (broad SMARTS) is 1. The van der Waals surface area contributed by atoms with Gasteiger partial charge in [-0.1, -0.05) is 36.4 Å². The molecule has 2 aromatic rings. The summed E-state index contributed by atoms with van der Waals surface area (Å²) in [5.41, 5.74) is 3.18. The summed E-state index contributed by atoms with van der Waals surface area (Å²) in [6, 6.07) is 14.0. The van der Waals surface area contributed by atoms with Crippen LogP contribution in [0.2, 0.25) is 0 Å². The first-order valence-electron chi connectivity index (χ1n) is 10.3. The molecule has 0 aliphatic heterocycles. The number of amides is 1. The van der Waals surface area contributed by atoms with Crippen LogP contribution in [0, 0.1) is 12.8 Å². The van der Waals surface area contributed by atoms with Gasteiger partial charge < -0.3 is 15.1 Å². The summed E-state index contributed by atoms with van der Waals surface area (Å²) in [4.78, 5) is 28.4. The third kappa shape index (κ3) is 7.96. The van der Waals surface area contributed by atoms with Gasteiger partial charge in [0.05, 0.1) is 18.3 Å². The Hall–Kier alpha value is -2.94. The maximum absolute atomic E-state index is 13.1. The Morgan fingerprint density at radius 2 is 1.62 bits per heavy atom. The van der Waals surface area contributed by atoms with Gasteiger partial charge in [-0.15, -0.1) is 0 Å². The largest absolute Gasteiger partial charge is 0.490 e. The zero-order valence-electron chi connectivity index (χ0n) is 17.8. The Bertz CT molecular complexity index is 882. The second-order valence-corrected chi connectivity index (χ2v) is 7.76. The fraction of sp³-hybridized carbons (Fsp3) is 0.435. The van der Waals surface area contributed by atoms with Crippen LogP contribution in [0.25, 0.3) is 0 Å². The van der Waals surface area contributed by atoms with E-state index in [1.54, 1.807) is 6.20 Å². The molecule has 6 nitrogen and oxygen atoms in total. The maximum atomic E-state index is 13.1. The SMILES string of the molecule is Cc1cccnc1CN(Cc1ccccc1)C(=O)C1CCC(O)CC1.O=C(O)C(F)(F)F. The molecule has 1 aromatic carbocycles. The van der Waals surface area contributed by atoms with E-state index >= 15 is 0 Å². The zero-order valence-corrected chi connectivity index (χ0v) is 17.8. The lowest BCUT2D eigenvalue weighted by Gasteiger charge is -2.31. The van der Waals surface area contributed by atoms with Crippen molar-refractivity contribution in [1.82, 2.24) is 9.88 Å². The molecule has 1 saturated carbocycles. The number of aliphatic hydroxyl groups is 1. The minimum absolute atomic E-state index is 0.0103. The lowest BCUT2D eigenvalue weighted by Crippen LogP contribution is -2.38. The molecule has 1 fully saturated rings. The second-order valence-electron chi connectivity index (χ2n) is 7.76. The highest BCUT2D eigenvalue weighted by Crippen LogP contribution is 2.27. The van der Waals surface area contributed by atoms with E-state index in [4.69, 9.17) is 9.90 Å². The summed E-state index contributed by atoms with van der Waals surface area (Å²) in [7, 11) is 0. The molecule has 32 heavy (non-hydrogen) atoms. The molecule has 0 saturated heterocycles. The van der Waals surface area contributed by atoms with Crippen molar-refractivity contribution < 1.29 is 33.0 Å². The number of aliphatic hydroxyl groups excluding tert-OH is 1. The number of hydrogen-bond donors (Lipinski definition) is 2. The van der Waals surface area contributed by atoms with Crippen molar-refractivity contribution in [3.05, 3.63) is 65.5 Å². The first-order valence-corrected chi connectivity index (χ1v) is 10.3. The maximum Gasteiger partial charge on any atom is 0.490 e. The number of aromatic nitrogens is 1. The predicted octanol–water partition coefficient (Wildman–Crippen LogP) is 4.10. The number of hydrogen-bond acceptors (Lipinski definition) is 4. The summed E-state index contributed by atoms with van der Waals surface area (Å²) < 4.78 is 31.7. The first-order chi connectivity index (χ1) is 15.1. The number of aryl methyl sites for hydroxylation is 1. The smallest absolute Gasteiger partial charge is 0.475 e. The minimum atomic E-state index is -5.08. The number of rotatable bonds is 5. The van der Waals surface area contributed by atoms with Crippen molar-refractivity contribution >= 4 is 11.9 Å². The average molecular weight is 452 g/mol. The van der Waals surface area contributed by atoms with Crippen molar-refractivity contribution in [2.75, 3.05) is 0 Å². The van der Waals surface area contributed by atoms with E-state index in [9.17, 15) is 23.1 Å². The minimum Gasteiger partial charge on any atom is -0.475 e. The number of alkyl halides is 3. The van der Waals surface area contributed by atoms with Crippen LogP contribution in [0.4, 0.5) is 13.2 Å². The van der Waals surface area contributed by atoms with Gasteiger partial charge in [0.1, 0.15) is 0 Å². The molecule has 3 rings (SSSR count). The molecule has 0 radical (unpaired) electrons. The van der Waals surface area contributed by atoms with E-state index in [1.165, 1.54) is 0 Å². The number of pyridine rings is 1. The highest BCUT2D eigenvalue weighted by atomic mass is 19.4. The Kier molecular flexibility index (Phi) is 9.19. The average Bonchev–Trinajstić information content (AvgIpc) is 2.75. The van der Waals surface area contributed by atoms with E-state index in [1.807, 2.05) is 42.2 Å². The van der Waals surface area contributed by atoms with Crippen LogP contribution in [0.5, 0.6) is 0 Å². The summed E-state index contributed by atoms with van der Waals surface area (Å²) >= 11 is 0. The number of benzene rings is 1. The van der Waals surface area contributed by atoms with Crippen molar-refractivity contribution in [3.63, 3.8) is 0 Å². The molecule has 1 aromatic heterocycles. The van der Waals surface area contributed by atoms with Crippen molar-refractivity contribution in [1.29, 1.82) is 0 Å². The third-order valence-corrected chi connectivity index (χ3v) is 5.27. The predicted molar refractivity (Wildman–Crippen MR) is 111 cm³/mol. The molecule has 0 bridgehead atoms. The lowest BCUT2D eigenvalue weighted by molar-refractivity contribution is -0.192. The van der Waals surface area contributed by atoms with Gasteiger partial charge in [-0.3, -0.25) is 9.78 Å². The van der Waals surface area contributed by atoms with Gasteiger partial charge in [-0.05, 0) is 49.8 Å². The van der Waals surface area contributed by atoms with E-state index in [2.05, 4.69) is 17.1 Å². The van der Waals surface area contributed by atoms with Crippen LogP contribution < -0.4 is 0 Å². The molecule has 0 unspecified atom stereocenters. The Labute approximate surface area is 184 Å². The number of carbonyl (C=O) groups excluding carboxylic acids is 1. The number of carbonyl (C=O) groups is 2. The van der Waals surface area contributed by atoms with Gasteiger partial charge in [0.15, 0.2) is 0 Å². The van der Waals surface area contributed by atoms with Gasteiger partial charge >= 0.3 is 12.1 Å². The molecule has 1 heterocycles. The summed E-state index contributed by atoms with van der Waals surface area (Å²) in [5.74, 6) is -2.57. The van der Waals surface area contributed by atoms with Crippen LogP contribution in [0.1, 0.15) is 42.5 Å². The highest BCUT2D eigenvalue weighted by Gasteiger charge is 2.38. The molecule has 2 N–H and O–H groups in total. The number of carboxylic acids is 1. The Balaban J connectivity index is 0.000000451. The fourth-order valence-corrected chi connectivity index (χ4v) is 3.46. The molecule has 1 aliphatic carbocycles. The van der Waals surface area contributed by atoms with E-state index in [0.717, 1.165) is 42.5 Å². The van der Waals surface area contributed by atoms with Crippen LogP contribution in [0.15, 0.2) is 48.7 Å². The summed E-state index contributed by atoms with van der Waals surface area (Å²) in [5, 5.41) is 16.8. The van der Waals surface area contributed by atoms with Gasteiger partial charge in [-0.2, -0.15) is 13.2 Å². The zero-order chi connectivity index (χ0) is 23.7. The van der Waals surface area contributed by atoms with E-state index in [-0.39, 0.29) is 17.9 Å². The molecule has 1 amide bonds. The quantitative estimate of drug-likeness (QED) is 0.713. The molecule has 0 spiro atoms. The normalized spacial score (nSPS) is 18.3. The van der Waals surface area contributed by atoms with Gasteiger partial charge in [-0.25, -0.2) is 4.79 Å². The summed E-state index contributed by atoms with van der Waals surface area (Å²) in [6.45, 7) is 3.15. The van der Waals surface area contributed by atoms with Crippen LogP contribution in [-0.4, -0.2) is 44.3 Å². The molecule has 0 atom stereocenters. The molecule has 174 valence electrons. The van der Waals surface area contributed by atoms with Crippen molar-refractivity contribution in [3.8, 4) is 0 Å². The van der Waals surface area contributed by atoms with Crippen LogP contribution >= 0.6 is 0 Å². The monoisotopic (exact) mass is 452 g/mol. The molecule has 1 aliphatic rings. The van der Waals surface area contributed by atoms with Crippen molar-refractivity contribution in [2.45, 2.75) is 58.0 Å². The van der Waals surface area contributed by atoms with Crippen LogP contribution in [-0.2, 0) is 22.7 Å². The molecule has 9 heteroatoms. The van der Waals surface area contributed by atoms with Crippen LogP contribution in [0.3, 0.4) is 0 Å². The fourth-order valence-electron chi connectivity index (χ4n) is 3.46. The number of nitrogens with zero attached hydrogens (tertiary/aromatic N) is 2. The number of halogens is 3. The standard InChI is InChI=1S/C21H26N2O2.C2HF3O2/c1-16-6-5-13-22-20(16)15-23(14-17-7-3-2-4-8-17)21(25)18-9-11-19(24)12-10-18;3-2(4,5)1(6)7/h2-8,13,18-19,24H,9-12,14-15H2,1H3;(H,6,7). The van der Waals surface area contributed by atoms with Gasteiger partial charge in [0, 0.05) is 18.7 Å². The number of aliphatic carboxylic acids is 1. The third-order valence-electron chi connectivity index (χ3n) is 5.27. The van der Waals surface area contributed by atoms with E-state index in [0.29, 0.717) is 13.1 Å². The Morgan fingerprint density at radius 3 is 2.16 bits per heavy atom. The van der Waals surface area contributed by atoms with E-state index < -0.39 is 12.1 Å². The topological polar surface area (TPSA) is 90.7 Å². The van der Waals surface area contributed by atoms with Gasteiger partial charge in [0.25, 0.3) is 0 Å². The Morgan fingerprint density at radius 1 is 1.03 bits per heavy atom. The molecular formula is C23H27F3N2O4. The first kappa shape index (κ1) is 25.3. The van der Waals surface area contributed by atoms with Crippen molar-refractivity contribution in [2.24, 2.45) is 5.92 Å². The summed E-state index contributed by atoms with van der Waals surface area (Å²) in [6.07, 6.45) is -0.565. The van der Waals surface area contributed by atoms with Gasteiger partial charge in [0.2, 0.25) is 5.91 Å². The molecular weight excluding hydrogens is 425 g/mol. The second kappa shape index (κ2) is 11.6.